The highest BCUT2D eigenvalue weighted by molar-refractivity contribution is 5.95. The van der Waals surface area contributed by atoms with Crippen molar-refractivity contribution in [2.75, 3.05) is 20.2 Å². The van der Waals surface area contributed by atoms with Gasteiger partial charge in [-0.3, -0.25) is 9.59 Å². The Morgan fingerprint density at radius 1 is 1.28 bits per heavy atom. The number of nitrogens with zero attached hydrogens (tertiary/aromatic N) is 2. The molecule has 1 aromatic carbocycles. The fourth-order valence-corrected chi connectivity index (χ4v) is 2.90. The number of aromatic nitrogens is 1. The molecule has 132 valence electrons. The molecule has 0 radical (unpaired) electrons. The second-order valence-corrected chi connectivity index (χ2v) is 6.09. The molecule has 2 amide bonds. The lowest BCUT2D eigenvalue weighted by atomic mass is 10.0. The monoisotopic (exact) mass is 343 g/mol. The fourth-order valence-electron chi connectivity index (χ4n) is 2.90. The zero-order valence-electron chi connectivity index (χ0n) is 14.3. The van der Waals surface area contributed by atoms with Gasteiger partial charge in [0.1, 0.15) is 11.5 Å². The molecule has 0 saturated carbocycles. The summed E-state index contributed by atoms with van der Waals surface area (Å²) in [5.74, 6) is 1.00. The van der Waals surface area contributed by atoms with Crippen molar-refractivity contribution >= 4 is 11.8 Å². The van der Waals surface area contributed by atoms with E-state index >= 15 is 0 Å². The van der Waals surface area contributed by atoms with E-state index in [2.05, 4.69) is 10.5 Å². The summed E-state index contributed by atoms with van der Waals surface area (Å²) in [6.07, 6.45) is 1.41. The Labute approximate surface area is 145 Å². The van der Waals surface area contributed by atoms with Crippen LogP contribution in [0.25, 0.3) is 0 Å². The number of ether oxygens (including phenoxy) is 1. The zero-order valence-corrected chi connectivity index (χ0v) is 14.3. The number of carbonyl (C=O) groups is 2. The molecule has 0 spiro atoms. The SMILES string of the molecule is COc1cccc(C(=O)N2CCC(NC(=O)c3cc(C)on3)CC2)c1. The maximum absolute atomic E-state index is 12.6. The van der Waals surface area contributed by atoms with Gasteiger partial charge in [0.15, 0.2) is 5.69 Å². The summed E-state index contributed by atoms with van der Waals surface area (Å²) in [6, 6.07) is 8.77. The van der Waals surface area contributed by atoms with E-state index in [1.165, 1.54) is 0 Å². The van der Waals surface area contributed by atoms with Crippen LogP contribution in [0.2, 0.25) is 0 Å². The van der Waals surface area contributed by atoms with Gasteiger partial charge in [-0.05, 0) is 38.0 Å². The van der Waals surface area contributed by atoms with Crippen LogP contribution in [-0.4, -0.2) is 48.1 Å². The van der Waals surface area contributed by atoms with Crippen LogP contribution < -0.4 is 10.1 Å². The smallest absolute Gasteiger partial charge is 0.273 e. The Morgan fingerprint density at radius 2 is 2.04 bits per heavy atom. The summed E-state index contributed by atoms with van der Waals surface area (Å²) in [6.45, 7) is 2.93. The van der Waals surface area contributed by atoms with E-state index < -0.39 is 0 Å². The van der Waals surface area contributed by atoms with Crippen LogP contribution in [0.3, 0.4) is 0 Å². The topological polar surface area (TPSA) is 84.7 Å². The summed E-state index contributed by atoms with van der Waals surface area (Å²) >= 11 is 0. The summed E-state index contributed by atoms with van der Waals surface area (Å²) in [4.78, 5) is 26.5. The molecule has 2 heterocycles. The maximum Gasteiger partial charge on any atom is 0.273 e. The molecule has 0 bridgehead atoms. The number of hydrogen-bond acceptors (Lipinski definition) is 5. The molecule has 0 atom stereocenters. The van der Waals surface area contributed by atoms with Crippen molar-refractivity contribution in [3.8, 4) is 5.75 Å². The van der Waals surface area contributed by atoms with Crippen LogP contribution >= 0.6 is 0 Å². The molecule has 3 rings (SSSR count). The molecule has 1 aromatic heterocycles. The average Bonchev–Trinajstić information content (AvgIpc) is 3.08. The second-order valence-electron chi connectivity index (χ2n) is 6.09. The average molecular weight is 343 g/mol. The molecule has 1 saturated heterocycles. The van der Waals surface area contributed by atoms with Gasteiger partial charge in [-0.2, -0.15) is 0 Å². The number of likely N-dealkylation sites (tertiary alicyclic amines) is 1. The molecule has 0 aliphatic carbocycles. The number of rotatable bonds is 4. The van der Waals surface area contributed by atoms with Crippen LogP contribution in [0.15, 0.2) is 34.9 Å². The normalized spacial score (nSPS) is 15.0. The molecule has 25 heavy (non-hydrogen) atoms. The first-order valence-corrected chi connectivity index (χ1v) is 8.24. The largest absolute Gasteiger partial charge is 0.497 e. The van der Waals surface area contributed by atoms with Crippen molar-refractivity contribution in [3.05, 3.63) is 47.3 Å². The molecule has 7 nitrogen and oxygen atoms in total. The number of aryl methyl sites for hydroxylation is 1. The van der Waals surface area contributed by atoms with Crippen molar-refractivity contribution in [1.29, 1.82) is 0 Å². The van der Waals surface area contributed by atoms with Gasteiger partial charge in [0.25, 0.3) is 11.8 Å². The molecule has 0 unspecified atom stereocenters. The summed E-state index contributed by atoms with van der Waals surface area (Å²) in [5.41, 5.74) is 0.896. The second kappa shape index (κ2) is 7.38. The van der Waals surface area contributed by atoms with E-state index in [1.54, 1.807) is 43.2 Å². The Balaban J connectivity index is 1.54. The van der Waals surface area contributed by atoms with Gasteiger partial charge >= 0.3 is 0 Å². The van der Waals surface area contributed by atoms with Crippen molar-refractivity contribution in [3.63, 3.8) is 0 Å². The Bertz CT molecular complexity index is 763. The lowest BCUT2D eigenvalue weighted by Crippen LogP contribution is -2.46. The van der Waals surface area contributed by atoms with Crippen LogP contribution in [0, 0.1) is 6.92 Å². The standard InChI is InChI=1S/C18H21N3O4/c1-12-10-16(20-25-12)17(22)19-14-6-8-21(9-7-14)18(23)13-4-3-5-15(11-13)24-2/h3-5,10-11,14H,6-9H2,1-2H3,(H,19,22). The highest BCUT2D eigenvalue weighted by Crippen LogP contribution is 2.18. The van der Waals surface area contributed by atoms with Crippen LogP contribution in [0.5, 0.6) is 5.75 Å². The molecular formula is C18H21N3O4. The van der Waals surface area contributed by atoms with Crippen molar-refractivity contribution in [1.82, 2.24) is 15.4 Å². The quantitative estimate of drug-likeness (QED) is 0.918. The first kappa shape index (κ1) is 17.0. The molecule has 1 aliphatic heterocycles. The highest BCUT2D eigenvalue weighted by atomic mass is 16.5. The molecule has 7 heteroatoms. The summed E-state index contributed by atoms with van der Waals surface area (Å²) in [5, 5.41) is 6.66. The van der Waals surface area contributed by atoms with Crippen LogP contribution in [0.1, 0.15) is 39.4 Å². The number of nitrogens with one attached hydrogen (secondary N) is 1. The summed E-state index contributed by atoms with van der Waals surface area (Å²) in [7, 11) is 1.58. The van der Waals surface area contributed by atoms with E-state index in [-0.39, 0.29) is 23.6 Å². The van der Waals surface area contributed by atoms with Crippen LogP contribution in [-0.2, 0) is 0 Å². The number of piperidine rings is 1. The van der Waals surface area contributed by atoms with E-state index in [9.17, 15) is 9.59 Å². The number of amides is 2. The minimum absolute atomic E-state index is 0.0178. The third-order valence-corrected chi connectivity index (χ3v) is 4.29. The summed E-state index contributed by atoms with van der Waals surface area (Å²) < 4.78 is 10.1. The third kappa shape index (κ3) is 3.99. The van der Waals surface area contributed by atoms with Gasteiger partial charge in [-0.1, -0.05) is 11.2 Å². The van der Waals surface area contributed by atoms with Gasteiger partial charge in [0, 0.05) is 30.8 Å². The Morgan fingerprint density at radius 3 is 2.68 bits per heavy atom. The zero-order chi connectivity index (χ0) is 17.8. The van der Waals surface area contributed by atoms with Gasteiger partial charge < -0.3 is 19.5 Å². The first-order valence-electron chi connectivity index (χ1n) is 8.24. The molecule has 1 fully saturated rings. The number of benzene rings is 1. The molecular weight excluding hydrogens is 322 g/mol. The van der Waals surface area contributed by atoms with E-state index in [0.29, 0.717) is 43.0 Å². The number of methoxy groups -OCH3 is 1. The van der Waals surface area contributed by atoms with Crippen molar-refractivity contribution in [2.24, 2.45) is 0 Å². The molecule has 1 N–H and O–H groups in total. The predicted octanol–water partition coefficient (Wildman–Crippen LogP) is 2.03. The lowest BCUT2D eigenvalue weighted by molar-refractivity contribution is 0.0697. The molecule has 2 aromatic rings. The number of carbonyl (C=O) groups excluding carboxylic acids is 2. The van der Waals surface area contributed by atoms with Crippen LogP contribution in [0.4, 0.5) is 0 Å². The maximum atomic E-state index is 12.6. The minimum Gasteiger partial charge on any atom is -0.497 e. The van der Waals surface area contributed by atoms with Gasteiger partial charge in [-0.15, -0.1) is 0 Å². The third-order valence-electron chi connectivity index (χ3n) is 4.29. The van der Waals surface area contributed by atoms with Gasteiger partial charge in [0.05, 0.1) is 7.11 Å². The van der Waals surface area contributed by atoms with Crippen molar-refractivity contribution < 1.29 is 18.8 Å². The number of hydrogen-bond donors (Lipinski definition) is 1. The van der Waals surface area contributed by atoms with Gasteiger partial charge in [0.2, 0.25) is 0 Å². The van der Waals surface area contributed by atoms with E-state index in [1.807, 2.05) is 6.07 Å². The van der Waals surface area contributed by atoms with E-state index in [0.717, 1.165) is 0 Å². The Kier molecular flexibility index (Phi) is 5.02. The van der Waals surface area contributed by atoms with Gasteiger partial charge in [-0.25, -0.2) is 0 Å². The Hall–Kier alpha value is -2.83. The first-order chi connectivity index (χ1) is 12.1. The van der Waals surface area contributed by atoms with Crippen molar-refractivity contribution in [2.45, 2.75) is 25.8 Å². The van der Waals surface area contributed by atoms with E-state index in [4.69, 9.17) is 9.26 Å². The highest BCUT2D eigenvalue weighted by Gasteiger charge is 2.25. The lowest BCUT2D eigenvalue weighted by Gasteiger charge is -2.32. The fraction of sp³-hybridized carbons (Fsp3) is 0.389. The molecule has 1 aliphatic rings. The minimum atomic E-state index is -0.241. The predicted molar refractivity (Wildman–Crippen MR) is 90.6 cm³/mol.